The molecule has 0 aromatic rings. The number of amides is 1. The van der Waals surface area contributed by atoms with Crippen LogP contribution < -0.4 is 11.1 Å². The molecule has 0 aliphatic heterocycles. The molecule has 16 heavy (non-hydrogen) atoms. The molecule has 0 aliphatic carbocycles. The Hall–Kier alpha value is -1.14. The number of carbonyl (C=O) groups is 2. The van der Waals surface area contributed by atoms with Crippen molar-refractivity contribution in [3.05, 3.63) is 0 Å². The van der Waals surface area contributed by atoms with Crippen molar-refractivity contribution in [3.8, 4) is 0 Å². The highest BCUT2D eigenvalue weighted by atomic mass is 16.4. The molecule has 0 aromatic carbocycles. The smallest absolute Gasteiger partial charge is 0.332 e. The van der Waals surface area contributed by atoms with Crippen molar-refractivity contribution < 1.29 is 19.8 Å². The van der Waals surface area contributed by atoms with Crippen molar-refractivity contribution >= 4 is 11.9 Å². The third kappa shape index (κ3) is 6.36. The number of nitrogens with two attached hydrogens (primary N) is 1. The predicted molar refractivity (Wildman–Crippen MR) is 58.7 cm³/mol. The minimum Gasteiger partial charge on any atom is -0.479 e. The molecular weight excluding hydrogens is 212 g/mol. The summed E-state index contributed by atoms with van der Waals surface area (Å²) in [7, 11) is 0. The normalized spacial score (nSPS) is 14.6. The molecular formula is C10H20N2O4. The van der Waals surface area contributed by atoms with Crippen LogP contribution in [0, 0.1) is 5.92 Å². The molecule has 0 radical (unpaired) electrons. The van der Waals surface area contributed by atoms with Crippen LogP contribution in [-0.2, 0) is 9.59 Å². The van der Waals surface area contributed by atoms with Crippen LogP contribution >= 0.6 is 0 Å². The number of rotatable bonds is 7. The lowest BCUT2D eigenvalue weighted by Crippen LogP contribution is -2.36. The zero-order valence-electron chi connectivity index (χ0n) is 9.64. The van der Waals surface area contributed by atoms with Gasteiger partial charge in [0, 0.05) is 25.4 Å². The fourth-order valence-corrected chi connectivity index (χ4v) is 0.994. The van der Waals surface area contributed by atoms with E-state index >= 15 is 0 Å². The largest absolute Gasteiger partial charge is 0.479 e. The molecule has 6 heteroatoms. The van der Waals surface area contributed by atoms with Crippen molar-refractivity contribution in [2.24, 2.45) is 11.7 Å². The van der Waals surface area contributed by atoms with Crippen LogP contribution in [0.5, 0.6) is 0 Å². The summed E-state index contributed by atoms with van der Waals surface area (Å²) in [5.74, 6) is -1.29. The summed E-state index contributed by atoms with van der Waals surface area (Å²) < 4.78 is 0. The Morgan fingerprint density at radius 1 is 1.38 bits per heavy atom. The fourth-order valence-electron chi connectivity index (χ4n) is 0.994. The van der Waals surface area contributed by atoms with E-state index in [9.17, 15) is 9.59 Å². The Morgan fingerprint density at radius 3 is 2.38 bits per heavy atom. The topological polar surface area (TPSA) is 113 Å². The van der Waals surface area contributed by atoms with Crippen LogP contribution in [0.25, 0.3) is 0 Å². The third-order valence-electron chi connectivity index (χ3n) is 2.30. The summed E-state index contributed by atoms with van der Waals surface area (Å²) >= 11 is 0. The van der Waals surface area contributed by atoms with Crippen molar-refractivity contribution in [1.82, 2.24) is 5.32 Å². The van der Waals surface area contributed by atoms with E-state index in [1.807, 2.05) is 13.8 Å². The molecule has 0 aliphatic rings. The molecule has 1 unspecified atom stereocenters. The molecule has 0 saturated carbocycles. The number of carboxylic acids is 1. The standard InChI is InChI=1S/C10H20N2O4/c1-6(2)7(11)5-9(14)12-4-3-8(13)10(15)16/h6-8,13H,3-5,11H2,1-2H3,(H,12,14)(H,15,16)/t7?,8-/m0/s1. The second kappa shape index (κ2) is 7.19. The predicted octanol–water partition coefficient (Wildman–Crippen LogP) is -0.688. The average molecular weight is 232 g/mol. The van der Waals surface area contributed by atoms with Gasteiger partial charge in [0.25, 0.3) is 0 Å². The second-order valence-corrected chi connectivity index (χ2v) is 4.10. The first-order valence-electron chi connectivity index (χ1n) is 5.27. The van der Waals surface area contributed by atoms with Crippen LogP contribution in [-0.4, -0.2) is 40.8 Å². The maximum absolute atomic E-state index is 11.3. The van der Waals surface area contributed by atoms with Crippen LogP contribution in [0.3, 0.4) is 0 Å². The van der Waals surface area contributed by atoms with Gasteiger partial charge < -0.3 is 21.3 Å². The van der Waals surface area contributed by atoms with Crippen LogP contribution in [0.2, 0.25) is 0 Å². The van der Waals surface area contributed by atoms with E-state index in [-0.39, 0.29) is 37.3 Å². The summed E-state index contributed by atoms with van der Waals surface area (Å²) in [6.45, 7) is 3.98. The average Bonchev–Trinajstić information content (AvgIpc) is 2.16. The monoisotopic (exact) mass is 232 g/mol. The Kier molecular flexibility index (Phi) is 6.67. The number of nitrogens with one attached hydrogen (secondary N) is 1. The van der Waals surface area contributed by atoms with E-state index in [1.165, 1.54) is 0 Å². The van der Waals surface area contributed by atoms with Gasteiger partial charge in [0.15, 0.2) is 6.10 Å². The molecule has 6 nitrogen and oxygen atoms in total. The third-order valence-corrected chi connectivity index (χ3v) is 2.30. The Bertz CT molecular complexity index is 243. The second-order valence-electron chi connectivity index (χ2n) is 4.10. The Balaban J connectivity index is 3.70. The maximum atomic E-state index is 11.3. The zero-order valence-corrected chi connectivity index (χ0v) is 9.64. The molecule has 0 heterocycles. The highest BCUT2D eigenvalue weighted by Gasteiger charge is 2.15. The number of aliphatic hydroxyl groups is 1. The molecule has 5 N–H and O–H groups in total. The lowest BCUT2D eigenvalue weighted by atomic mass is 10.0. The quantitative estimate of drug-likeness (QED) is 0.464. The molecule has 0 rings (SSSR count). The summed E-state index contributed by atoms with van der Waals surface area (Å²) in [5.41, 5.74) is 5.69. The molecule has 0 spiro atoms. The van der Waals surface area contributed by atoms with Crippen LogP contribution in [0.1, 0.15) is 26.7 Å². The van der Waals surface area contributed by atoms with E-state index in [4.69, 9.17) is 15.9 Å². The van der Waals surface area contributed by atoms with Gasteiger partial charge in [-0.3, -0.25) is 4.79 Å². The van der Waals surface area contributed by atoms with Crippen LogP contribution in [0.4, 0.5) is 0 Å². The summed E-state index contributed by atoms with van der Waals surface area (Å²) in [6.07, 6.45) is -1.22. The number of hydrogen-bond acceptors (Lipinski definition) is 4. The van der Waals surface area contributed by atoms with E-state index in [1.54, 1.807) is 0 Å². The van der Waals surface area contributed by atoms with E-state index in [0.717, 1.165) is 0 Å². The van der Waals surface area contributed by atoms with Crippen molar-refractivity contribution in [2.45, 2.75) is 38.8 Å². The number of aliphatic carboxylic acids is 1. The van der Waals surface area contributed by atoms with Crippen LogP contribution in [0.15, 0.2) is 0 Å². The molecule has 0 fully saturated rings. The lowest BCUT2D eigenvalue weighted by molar-refractivity contribution is -0.147. The van der Waals surface area contributed by atoms with Gasteiger partial charge in [-0.05, 0) is 5.92 Å². The minimum atomic E-state index is -1.43. The van der Waals surface area contributed by atoms with E-state index < -0.39 is 12.1 Å². The first-order valence-corrected chi connectivity index (χ1v) is 5.27. The Labute approximate surface area is 94.8 Å². The van der Waals surface area contributed by atoms with E-state index in [2.05, 4.69) is 5.32 Å². The first-order chi connectivity index (χ1) is 7.34. The summed E-state index contributed by atoms with van der Waals surface area (Å²) in [5, 5.41) is 19.8. The molecule has 1 amide bonds. The van der Waals surface area contributed by atoms with Gasteiger partial charge in [-0.25, -0.2) is 4.79 Å². The number of hydrogen-bond donors (Lipinski definition) is 4. The summed E-state index contributed by atoms with van der Waals surface area (Å²) in [4.78, 5) is 21.5. The zero-order chi connectivity index (χ0) is 12.7. The molecule has 0 bridgehead atoms. The molecule has 94 valence electrons. The fraction of sp³-hybridized carbons (Fsp3) is 0.800. The van der Waals surface area contributed by atoms with Gasteiger partial charge >= 0.3 is 5.97 Å². The maximum Gasteiger partial charge on any atom is 0.332 e. The van der Waals surface area contributed by atoms with Crippen molar-refractivity contribution in [3.63, 3.8) is 0 Å². The van der Waals surface area contributed by atoms with Gasteiger partial charge in [0.05, 0.1) is 0 Å². The van der Waals surface area contributed by atoms with Gasteiger partial charge in [-0.15, -0.1) is 0 Å². The molecule has 0 aromatic heterocycles. The van der Waals surface area contributed by atoms with Crippen molar-refractivity contribution in [1.29, 1.82) is 0 Å². The van der Waals surface area contributed by atoms with Gasteiger partial charge in [0.2, 0.25) is 5.91 Å². The molecule has 2 atom stereocenters. The number of carbonyl (C=O) groups excluding carboxylic acids is 1. The SMILES string of the molecule is CC(C)C(N)CC(=O)NCC[C@H](O)C(=O)O. The number of carboxylic acid groups (broad SMARTS) is 1. The van der Waals surface area contributed by atoms with Gasteiger partial charge in [0.1, 0.15) is 0 Å². The number of aliphatic hydroxyl groups excluding tert-OH is 1. The highest BCUT2D eigenvalue weighted by molar-refractivity contribution is 5.76. The Morgan fingerprint density at radius 2 is 1.94 bits per heavy atom. The van der Waals surface area contributed by atoms with E-state index in [0.29, 0.717) is 0 Å². The van der Waals surface area contributed by atoms with Gasteiger partial charge in [-0.2, -0.15) is 0 Å². The first kappa shape index (κ1) is 14.9. The summed E-state index contributed by atoms with van der Waals surface area (Å²) in [6, 6.07) is -0.204. The highest BCUT2D eigenvalue weighted by Crippen LogP contribution is 2.02. The molecule has 0 saturated heterocycles. The minimum absolute atomic E-state index is 0.00199. The van der Waals surface area contributed by atoms with Crippen molar-refractivity contribution in [2.75, 3.05) is 6.54 Å². The van der Waals surface area contributed by atoms with Gasteiger partial charge in [-0.1, -0.05) is 13.8 Å². The lowest BCUT2D eigenvalue weighted by Gasteiger charge is -2.15.